The van der Waals surface area contributed by atoms with E-state index in [0.29, 0.717) is 41.3 Å². The highest BCUT2D eigenvalue weighted by molar-refractivity contribution is 6.30. The van der Waals surface area contributed by atoms with Crippen molar-refractivity contribution < 1.29 is 18.7 Å². The second-order valence-electron chi connectivity index (χ2n) is 8.68. The molecule has 170 valence electrons. The summed E-state index contributed by atoms with van der Waals surface area (Å²) in [6, 6.07) is 10.2. The zero-order valence-electron chi connectivity index (χ0n) is 18.1. The van der Waals surface area contributed by atoms with Gasteiger partial charge in [-0.2, -0.15) is 5.10 Å². The number of carbonyl (C=O) groups is 2. The van der Waals surface area contributed by atoms with Crippen molar-refractivity contribution in [1.82, 2.24) is 9.78 Å². The van der Waals surface area contributed by atoms with E-state index in [2.05, 4.69) is 10.4 Å². The largest absolute Gasteiger partial charge is 0.465 e. The second kappa shape index (κ2) is 8.30. The average molecular weight is 468 g/mol. The summed E-state index contributed by atoms with van der Waals surface area (Å²) >= 11 is 5.93. The molecule has 2 saturated carbocycles. The molecule has 0 spiro atoms. The first kappa shape index (κ1) is 21.6. The van der Waals surface area contributed by atoms with Gasteiger partial charge in [-0.05, 0) is 55.9 Å². The lowest BCUT2D eigenvalue weighted by Gasteiger charge is -2.25. The van der Waals surface area contributed by atoms with E-state index in [1.165, 1.54) is 19.6 Å². The Balaban J connectivity index is 1.43. The Morgan fingerprint density at radius 2 is 2.03 bits per heavy atom. The van der Waals surface area contributed by atoms with Gasteiger partial charge in [0.05, 0.1) is 35.3 Å². The number of halogens is 2. The Kier molecular flexibility index (Phi) is 5.44. The normalized spacial score (nSPS) is 16.7. The first-order chi connectivity index (χ1) is 15.9. The number of carbonyl (C=O) groups excluding carboxylic acids is 2. The van der Waals surface area contributed by atoms with Gasteiger partial charge in [0, 0.05) is 23.0 Å². The molecule has 8 heteroatoms. The van der Waals surface area contributed by atoms with Gasteiger partial charge < -0.3 is 10.1 Å². The second-order valence-corrected chi connectivity index (χ2v) is 9.09. The van der Waals surface area contributed by atoms with Crippen LogP contribution in [-0.4, -0.2) is 28.8 Å². The molecule has 6 nitrogen and oxygen atoms in total. The minimum atomic E-state index is -0.955. The van der Waals surface area contributed by atoms with Crippen LogP contribution in [0.25, 0.3) is 11.1 Å². The summed E-state index contributed by atoms with van der Waals surface area (Å²) in [6.07, 6.45) is 8.12. The highest BCUT2D eigenvalue weighted by atomic mass is 35.5. The van der Waals surface area contributed by atoms with Gasteiger partial charge in [0.15, 0.2) is 0 Å². The number of nitrogens with one attached hydrogen (secondary N) is 1. The summed E-state index contributed by atoms with van der Waals surface area (Å²) in [7, 11) is 1.32. The maximum absolute atomic E-state index is 14.6. The molecule has 3 aromatic rings. The van der Waals surface area contributed by atoms with Gasteiger partial charge in [-0.15, -0.1) is 0 Å². The smallest absolute Gasteiger partial charge is 0.338 e. The van der Waals surface area contributed by atoms with Crippen molar-refractivity contribution in [3.8, 4) is 11.1 Å². The highest BCUT2D eigenvalue weighted by Crippen LogP contribution is 2.50. The van der Waals surface area contributed by atoms with Gasteiger partial charge in [-0.1, -0.05) is 29.8 Å². The van der Waals surface area contributed by atoms with Crippen LogP contribution in [0, 0.1) is 5.82 Å². The van der Waals surface area contributed by atoms with Crippen molar-refractivity contribution in [2.24, 2.45) is 0 Å². The molecule has 33 heavy (non-hydrogen) atoms. The number of methoxy groups -OCH3 is 1. The maximum atomic E-state index is 14.6. The van der Waals surface area contributed by atoms with Crippen LogP contribution in [0.15, 0.2) is 48.8 Å². The summed E-state index contributed by atoms with van der Waals surface area (Å²) in [5, 5.41) is 7.29. The lowest BCUT2D eigenvalue weighted by molar-refractivity contribution is -0.118. The summed E-state index contributed by atoms with van der Waals surface area (Å²) in [5.41, 5.74) is 1.57. The van der Waals surface area contributed by atoms with Crippen molar-refractivity contribution in [2.45, 2.75) is 43.6 Å². The van der Waals surface area contributed by atoms with E-state index < -0.39 is 17.2 Å². The molecule has 0 saturated heterocycles. The van der Waals surface area contributed by atoms with E-state index in [1.54, 1.807) is 36.5 Å². The lowest BCUT2D eigenvalue weighted by atomic mass is 9.93. The van der Waals surface area contributed by atoms with Gasteiger partial charge in [-0.25, -0.2) is 9.18 Å². The van der Waals surface area contributed by atoms with E-state index in [-0.39, 0.29) is 10.9 Å². The van der Waals surface area contributed by atoms with E-state index in [0.717, 1.165) is 18.4 Å². The van der Waals surface area contributed by atoms with Crippen molar-refractivity contribution >= 4 is 29.2 Å². The summed E-state index contributed by atoms with van der Waals surface area (Å²) < 4.78 is 21.5. The third kappa shape index (κ3) is 3.80. The predicted molar refractivity (Wildman–Crippen MR) is 123 cm³/mol. The Hall–Kier alpha value is -3.19. The maximum Gasteiger partial charge on any atom is 0.338 e. The zero-order valence-corrected chi connectivity index (χ0v) is 18.9. The fourth-order valence-electron chi connectivity index (χ4n) is 4.35. The van der Waals surface area contributed by atoms with Crippen molar-refractivity contribution in [2.75, 3.05) is 12.4 Å². The number of amides is 1. The molecule has 2 aromatic carbocycles. The summed E-state index contributed by atoms with van der Waals surface area (Å²) in [6.45, 7) is 0. The first-order valence-electron chi connectivity index (χ1n) is 11.0. The van der Waals surface area contributed by atoms with Crippen LogP contribution in [-0.2, 0) is 14.9 Å². The van der Waals surface area contributed by atoms with Crippen molar-refractivity contribution in [3.05, 3.63) is 70.8 Å². The van der Waals surface area contributed by atoms with E-state index in [4.69, 9.17) is 16.3 Å². The number of rotatable bonds is 6. The molecule has 0 bridgehead atoms. The first-order valence-corrected chi connectivity index (χ1v) is 11.3. The average Bonchev–Trinajstić information content (AvgIpc) is 3.46. The third-order valence-corrected chi connectivity index (χ3v) is 6.99. The molecule has 0 atom stereocenters. The van der Waals surface area contributed by atoms with Gasteiger partial charge in [0.1, 0.15) is 5.82 Å². The molecule has 2 fully saturated rings. The number of nitrogens with zero attached hydrogens (tertiary/aromatic N) is 2. The standard InChI is InChI=1S/C25H23ClFN3O3/c1-33-23(31)19-12-16(8-9-18(19)15-13-28-30(14-15)17-4-2-5-17)29-24(32)25(10-11-25)20-6-3-7-21(26)22(20)27/h3,6-9,12-14,17H,2,4-5,10-11H2,1H3,(H,29,32). The fourth-order valence-corrected chi connectivity index (χ4v) is 4.52. The SMILES string of the molecule is COC(=O)c1cc(NC(=O)C2(c3cccc(Cl)c3F)CC2)ccc1-c1cnn(C2CCC2)c1. The van der Waals surface area contributed by atoms with Crippen LogP contribution >= 0.6 is 11.6 Å². The minimum absolute atomic E-state index is 0.00801. The fraction of sp³-hybridized carbons (Fsp3) is 0.320. The van der Waals surface area contributed by atoms with Gasteiger partial charge in [-0.3, -0.25) is 9.48 Å². The molecule has 2 aliphatic rings. The Bertz CT molecular complexity index is 1250. The number of esters is 1. The number of ether oxygens (including phenoxy) is 1. The van der Waals surface area contributed by atoms with Gasteiger partial charge in [0.2, 0.25) is 5.91 Å². The monoisotopic (exact) mass is 467 g/mol. The molecule has 0 aliphatic heterocycles. The van der Waals surface area contributed by atoms with E-state index in [9.17, 15) is 14.0 Å². The van der Waals surface area contributed by atoms with Crippen LogP contribution in [0.4, 0.5) is 10.1 Å². The number of benzene rings is 2. The number of hydrogen-bond donors (Lipinski definition) is 1. The molecular weight excluding hydrogens is 445 g/mol. The van der Waals surface area contributed by atoms with Crippen molar-refractivity contribution in [3.63, 3.8) is 0 Å². The number of aromatic nitrogens is 2. The number of anilines is 1. The molecule has 0 radical (unpaired) electrons. The molecule has 1 heterocycles. The molecular formula is C25H23ClFN3O3. The Labute approximate surface area is 195 Å². The zero-order chi connectivity index (χ0) is 23.2. The van der Waals surface area contributed by atoms with E-state index in [1.807, 2.05) is 10.9 Å². The van der Waals surface area contributed by atoms with E-state index >= 15 is 0 Å². The molecule has 1 aromatic heterocycles. The van der Waals surface area contributed by atoms with Gasteiger partial charge >= 0.3 is 5.97 Å². The molecule has 0 unspecified atom stereocenters. The molecule has 5 rings (SSSR count). The van der Waals surface area contributed by atoms with Crippen LogP contribution in [0.5, 0.6) is 0 Å². The van der Waals surface area contributed by atoms with Crippen LogP contribution < -0.4 is 5.32 Å². The molecule has 2 aliphatic carbocycles. The molecule has 1 amide bonds. The predicted octanol–water partition coefficient (Wildman–Crippen LogP) is 5.52. The molecule has 1 N–H and O–H groups in total. The van der Waals surface area contributed by atoms with Gasteiger partial charge in [0.25, 0.3) is 0 Å². The summed E-state index contributed by atoms with van der Waals surface area (Å²) in [4.78, 5) is 25.7. The minimum Gasteiger partial charge on any atom is -0.465 e. The highest BCUT2D eigenvalue weighted by Gasteiger charge is 2.53. The van der Waals surface area contributed by atoms with Crippen LogP contribution in [0.2, 0.25) is 5.02 Å². The van der Waals surface area contributed by atoms with Crippen LogP contribution in [0.1, 0.15) is 54.1 Å². The summed E-state index contributed by atoms with van der Waals surface area (Å²) in [5.74, 6) is -1.41. The Morgan fingerprint density at radius 3 is 2.70 bits per heavy atom. The third-order valence-electron chi connectivity index (χ3n) is 6.70. The Morgan fingerprint density at radius 1 is 1.24 bits per heavy atom. The van der Waals surface area contributed by atoms with Crippen LogP contribution in [0.3, 0.4) is 0 Å². The number of hydrogen-bond acceptors (Lipinski definition) is 4. The quantitative estimate of drug-likeness (QED) is 0.484. The lowest BCUT2D eigenvalue weighted by Crippen LogP contribution is -2.29. The topological polar surface area (TPSA) is 73.2 Å². The van der Waals surface area contributed by atoms with Crippen molar-refractivity contribution in [1.29, 1.82) is 0 Å².